The van der Waals surface area contributed by atoms with Crippen molar-refractivity contribution in [3.63, 3.8) is 0 Å². The fraction of sp³-hybridized carbons (Fsp3) is 0.222. The number of nitrogens with zero attached hydrogens (tertiary/aromatic N) is 1. The van der Waals surface area contributed by atoms with Gasteiger partial charge in [-0.15, -0.1) is 0 Å². The summed E-state index contributed by atoms with van der Waals surface area (Å²) in [6, 6.07) is 3.70. The van der Waals surface area contributed by atoms with Gasteiger partial charge in [0.25, 0.3) is 0 Å². The Kier molecular flexibility index (Phi) is 3.30. The normalized spacial score (nSPS) is 12.1. The van der Waals surface area contributed by atoms with E-state index in [0.717, 1.165) is 0 Å². The Bertz CT molecular complexity index is 337. The number of Topliss-reactive ketones (excluding diaryl/α,β-unsaturated/α-hetero) is 1. The smallest absolute Gasteiger partial charge is 0.320 e. The van der Waals surface area contributed by atoms with E-state index in [1.165, 1.54) is 12.3 Å². The van der Waals surface area contributed by atoms with Gasteiger partial charge < -0.3 is 10.8 Å². The van der Waals surface area contributed by atoms with Crippen molar-refractivity contribution in [1.82, 2.24) is 4.98 Å². The number of hydrogen-bond donors (Lipinski definition) is 2. The van der Waals surface area contributed by atoms with E-state index in [9.17, 15) is 9.59 Å². The minimum Gasteiger partial charge on any atom is -0.480 e. The molecule has 0 fully saturated rings. The molecule has 1 rings (SSSR count). The van der Waals surface area contributed by atoms with Gasteiger partial charge in [-0.2, -0.15) is 0 Å². The van der Waals surface area contributed by atoms with Gasteiger partial charge in [0.1, 0.15) is 11.7 Å². The van der Waals surface area contributed by atoms with Crippen molar-refractivity contribution in [2.24, 2.45) is 5.73 Å². The second kappa shape index (κ2) is 4.48. The van der Waals surface area contributed by atoms with Gasteiger partial charge in [-0.25, -0.2) is 0 Å². The molecule has 3 N–H and O–H groups in total. The Hall–Kier alpha value is -1.75. The quantitative estimate of drug-likeness (QED) is 0.661. The van der Waals surface area contributed by atoms with E-state index >= 15 is 0 Å². The Labute approximate surface area is 80.6 Å². The molecule has 1 atom stereocenters. The monoisotopic (exact) mass is 194 g/mol. The van der Waals surface area contributed by atoms with Gasteiger partial charge >= 0.3 is 5.97 Å². The van der Waals surface area contributed by atoms with Crippen molar-refractivity contribution in [3.8, 4) is 0 Å². The molecule has 0 aliphatic carbocycles. The fourth-order valence-corrected chi connectivity index (χ4v) is 0.919. The molecule has 0 saturated heterocycles. The third-order valence-electron chi connectivity index (χ3n) is 1.67. The minimum atomic E-state index is -1.19. The Balaban J connectivity index is 2.64. The van der Waals surface area contributed by atoms with E-state index in [0.29, 0.717) is 0 Å². The Morgan fingerprint density at radius 3 is 2.71 bits per heavy atom. The maximum absolute atomic E-state index is 11.4. The molecule has 0 aromatic carbocycles. The molecule has 1 aromatic rings. The largest absolute Gasteiger partial charge is 0.480 e. The van der Waals surface area contributed by atoms with Crippen LogP contribution in [-0.2, 0) is 4.79 Å². The molecule has 0 unspecified atom stereocenters. The molecule has 0 radical (unpaired) electrons. The summed E-state index contributed by atoms with van der Waals surface area (Å²) in [5, 5.41) is 8.48. The van der Waals surface area contributed by atoms with Crippen molar-refractivity contribution in [1.29, 1.82) is 0 Å². The SMILES string of the molecule is N[C@H](CC(=O)c1ccccn1)C(=O)O. The summed E-state index contributed by atoms with van der Waals surface area (Å²) in [6.07, 6.45) is 1.24. The summed E-state index contributed by atoms with van der Waals surface area (Å²) in [5.74, 6) is -1.55. The first-order chi connectivity index (χ1) is 6.61. The molecule has 0 bridgehead atoms. The maximum atomic E-state index is 11.4. The Morgan fingerprint density at radius 2 is 2.21 bits per heavy atom. The van der Waals surface area contributed by atoms with E-state index in [-0.39, 0.29) is 17.9 Å². The van der Waals surface area contributed by atoms with E-state index in [2.05, 4.69) is 4.98 Å². The number of carbonyl (C=O) groups excluding carboxylic acids is 1. The maximum Gasteiger partial charge on any atom is 0.320 e. The number of carboxylic acid groups (broad SMARTS) is 1. The third-order valence-corrected chi connectivity index (χ3v) is 1.67. The minimum absolute atomic E-state index is 0.230. The number of aliphatic carboxylic acids is 1. The molecule has 0 spiro atoms. The van der Waals surface area contributed by atoms with Crippen LogP contribution in [0.5, 0.6) is 0 Å². The van der Waals surface area contributed by atoms with Gasteiger partial charge in [0.2, 0.25) is 0 Å². The van der Waals surface area contributed by atoms with Crippen molar-refractivity contribution in [3.05, 3.63) is 30.1 Å². The van der Waals surface area contributed by atoms with Crippen LogP contribution in [0.4, 0.5) is 0 Å². The van der Waals surface area contributed by atoms with Gasteiger partial charge in [0.05, 0.1) is 0 Å². The lowest BCUT2D eigenvalue weighted by molar-refractivity contribution is -0.138. The molecule has 5 nitrogen and oxygen atoms in total. The topological polar surface area (TPSA) is 93.3 Å². The summed E-state index contributed by atoms with van der Waals surface area (Å²) in [6.45, 7) is 0. The van der Waals surface area contributed by atoms with Crippen molar-refractivity contribution >= 4 is 11.8 Å². The van der Waals surface area contributed by atoms with Crippen LogP contribution in [0.25, 0.3) is 0 Å². The highest BCUT2D eigenvalue weighted by molar-refractivity contribution is 5.97. The van der Waals surface area contributed by atoms with Crippen LogP contribution < -0.4 is 5.73 Å². The highest BCUT2D eigenvalue weighted by atomic mass is 16.4. The van der Waals surface area contributed by atoms with Crippen LogP contribution in [0, 0.1) is 0 Å². The molecule has 5 heteroatoms. The number of carbonyl (C=O) groups is 2. The summed E-state index contributed by atoms with van der Waals surface area (Å²) >= 11 is 0. The second-order valence-corrected chi connectivity index (χ2v) is 2.79. The Morgan fingerprint density at radius 1 is 1.50 bits per heavy atom. The van der Waals surface area contributed by atoms with Crippen molar-refractivity contribution in [2.45, 2.75) is 12.5 Å². The zero-order valence-corrected chi connectivity index (χ0v) is 7.38. The van der Waals surface area contributed by atoms with Crippen LogP contribution in [0.3, 0.4) is 0 Å². The first-order valence-corrected chi connectivity index (χ1v) is 4.04. The zero-order valence-electron chi connectivity index (χ0n) is 7.38. The molecule has 74 valence electrons. The number of nitrogens with two attached hydrogens (primary N) is 1. The predicted molar refractivity (Wildman–Crippen MR) is 48.8 cm³/mol. The van der Waals surface area contributed by atoms with Crippen molar-refractivity contribution in [2.75, 3.05) is 0 Å². The lowest BCUT2D eigenvalue weighted by atomic mass is 10.1. The van der Waals surface area contributed by atoms with Gasteiger partial charge in [-0.1, -0.05) is 6.07 Å². The molecule has 0 amide bonds. The number of hydrogen-bond acceptors (Lipinski definition) is 4. The van der Waals surface area contributed by atoms with E-state index in [4.69, 9.17) is 10.8 Å². The molecular weight excluding hydrogens is 184 g/mol. The average Bonchev–Trinajstić information content (AvgIpc) is 2.19. The predicted octanol–water partition coefficient (Wildman–Crippen LogP) is 0.0663. The zero-order chi connectivity index (χ0) is 10.6. The lowest BCUT2D eigenvalue weighted by Crippen LogP contribution is -2.32. The van der Waals surface area contributed by atoms with Crippen LogP contribution in [-0.4, -0.2) is 27.9 Å². The molecule has 14 heavy (non-hydrogen) atoms. The summed E-state index contributed by atoms with van der Waals surface area (Å²) < 4.78 is 0. The van der Waals surface area contributed by atoms with Gasteiger partial charge in [0.15, 0.2) is 5.78 Å². The van der Waals surface area contributed by atoms with Crippen LogP contribution >= 0.6 is 0 Å². The lowest BCUT2D eigenvalue weighted by Gasteiger charge is -2.03. The molecular formula is C9H10N2O3. The first kappa shape index (κ1) is 10.3. The molecule has 1 heterocycles. The number of rotatable bonds is 4. The first-order valence-electron chi connectivity index (χ1n) is 4.04. The highest BCUT2D eigenvalue weighted by Gasteiger charge is 2.17. The van der Waals surface area contributed by atoms with Crippen LogP contribution in [0.15, 0.2) is 24.4 Å². The van der Waals surface area contributed by atoms with Gasteiger partial charge in [-0.05, 0) is 12.1 Å². The van der Waals surface area contributed by atoms with Crippen LogP contribution in [0.1, 0.15) is 16.9 Å². The number of ketones is 1. The average molecular weight is 194 g/mol. The molecule has 0 aliphatic rings. The second-order valence-electron chi connectivity index (χ2n) is 2.79. The standard InChI is InChI=1S/C9H10N2O3/c10-6(9(13)14)5-8(12)7-3-1-2-4-11-7/h1-4,6H,5,10H2,(H,13,14)/t6-/m1/s1. The van der Waals surface area contributed by atoms with E-state index < -0.39 is 12.0 Å². The third kappa shape index (κ3) is 2.63. The molecule has 0 saturated carbocycles. The highest BCUT2D eigenvalue weighted by Crippen LogP contribution is 2.01. The van der Waals surface area contributed by atoms with Crippen molar-refractivity contribution < 1.29 is 14.7 Å². The summed E-state index contributed by atoms with van der Waals surface area (Å²) in [7, 11) is 0. The van der Waals surface area contributed by atoms with Gasteiger partial charge in [-0.3, -0.25) is 14.6 Å². The fourth-order valence-electron chi connectivity index (χ4n) is 0.919. The molecule has 0 aliphatic heterocycles. The van der Waals surface area contributed by atoms with E-state index in [1.807, 2.05) is 0 Å². The van der Waals surface area contributed by atoms with Crippen LogP contribution in [0.2, 0.25) is 0 Å². The number of carboxylic acids is 1. The number of aromatic nitrogens is 1. The van der Waals surface area contributed by atoms with Gasteiger partial charge in [0, 0.05) is 12.6 Å². The summed E-state index contributed by atoms with van der Waals surface area (Å²) in [4.78, 5) is 25.5. The molecule has 1 aromatic heterocycles. The van der Waals surface area contributed by atoms with E-state index in [1.54, 1.807) is 12.1 Å². The summed E-state index contributed by atoms with van der Waals surface area (Å²) in [5.41, 5.74) is 5.45. The number of pyridine rings is 1.